The van der Waals surface area contributed by atoms with E-state index in [0.29, 0.717) is 0 Å². The maximum absolute atomic E-state index is 3.61. The fraction of sp³-hybridized carbons (Fsp3) is 0.0145. The molecule has 0 saturated heterocycles. The SMILES string of the molecule is C=CCNc1ccccc1.c1ccc(-c2ccc(N(c3ccc(-c4ccc(-n5c6ccccc6c6ccc7c(c8ccccc8n7-c7ccccc7)c65)cc4)cc3)c3cccc(-c4ccccc4)c3)cc2)cc1. The molecule has 0 aliphatic heterocycles. The van der Waals surface area contributed by atoms with Crippen molar-refractivity contribution in [1.82, 2.24) is 9.13 Å². The lowest BCUT2D eigenvalue weighted by molar-refractivity contribution is 1.17. The first-order chi connectivity index (χ1) is 36.2. The highest BCUT2D eigenvalue weighted by Gasteiger charge is 2.21. The van der Waals surface area contributed by atoms with Crippen LogP contribution < -0.4 is 10.2 Å². The van der Waals surface area contributed by atoms with Crippen LogP contribution in [-0.4, -0.2) is 15.7 Å². The molecule has 2 aromatic heterocycles. The molecule has 1 N–H and O–H groups in total. The minimum Gasteiger partial charge on any atom is -0.382 e. The molecule has 0 saturated carbocycles. The molecule has 0 unspecified atom stereocenters. The molecule has 0 atom stereocenters. The van der Waals surface area contributed by atoms with Crippen molar-refractivity contribution in [1.29, 1.82) is 0 Å². The number of aromatic nitrogens is 2. The lowest BCUT2D eigenvalue weighted by Crippen LogP contribution is -2.10. The molecule has 0 fully saturated rings. The zero-order chi connectivity index (χ0) is 48.9. The topological polar surface area (TPSA) is 25.1 Å². The van der Waals surface area contributed by atoms with Gasteiger partial charge in [0.15, 0.2) is 0 Å². The van der Waals surface area contributed by atoms with E-state index < -0.39 is 0 Å². The maximum Gasteiger partial charge on any atom is 0.0641 e. The van der Waals surface area contributed by atoms with Gasteiger partial charge in [0, 0.05) is 62.2 Å². The van der Waals surface area contributed by atoms with Gasteiger partial charge in [-0.2, -0.15) is 0 Å². The Balaban J connectivity index is 0.000000488. The monoisotopic (exact) mass is 936 g/mol. The van der Waals surface area contributed by atoms with Crippen LogP contribution in [0.15, 0.2) is 292 Å². The van der Waals surface area contributed by atoms with E-state index in [2.05, 4.69) is 275 Å². The molecular formula is C69H52N4. The second-order valence-corrected chi connectivity index (χ2v) is 18.2. The van der Waals surface area contributed by atoms with E-state index in [-0.39, 0.29) is 0 Å². The van der Waals surface area contributed by atoms with E-state index in [1.54, 1.807) is 0 Å². The van der Waals surface area contributed by atoms with Crippen molar-refractivity contribution in [3.05, 3.63) is 292 Å². The summed E-state index contributed by atoms with van der Waals surface area (Å²) in [6.45, 7) is 4.44. The summed E-state index contributed by atoms with van der Waals surface area (Å²) in [6.07, 6.45) is 1.84. The van der Waals surface area contributed by atoms with E-state index in [0.717, 1.165) is 40.7 Å². The highest BCUT2D eigenvalue weighted by atomic mass is 15.1. The van der Waals surface area contributed by atoms with Crippen molar-refractivity contribution >= 4 is 66.4 Å². The van der Waals surface area contributed by atoms with Crippen LogP contribution in [0, 0.1) is 0 Å². The minimum atomic E-state index is 0.823. The second kappa shape index (κ2) is 20.0. The van der Waals surface area contributed by atoms with Crippen molar-refractivity contribution in [2.24, 2.45) is 0 Å². The maximum atomic E-state index is 3.61. The smallest absolute Gasteiger partial charge is 0.0641 e. The minimum absolute atomic E-state index is 0.823. The van der Waals surface area contributed by atoms with E-state index in [4.69, 9.17) is 0 Å². The third-order valence-electron chi connectivity index (χ3n) is 13.7. The van der Waals surface area contributed by atoms with Gasteiger partial charge in [-0.3, -0.25) is 0 Å². The number of fused-ring (bicyclic) bond motifs is 7. The van der Waals surface area contributed by atoms with Crippen molar-refractivity contribution < 1.29 is 0 Å². The largest absolute Gasteiger partial charge is 0.382 e. The van der Waals surface area contributed by atoms with Gasteiger partial charge in [-0.15, -0.1) is 6.58 Å². The molecule has 73 heavy (non-hydrogen) atoms. The molecule has 348 valence electrons. The summed E-state index contributed by atoms with van der Waals surface area (Å²) in [4.78, 5) is 2.35. The van der Waals surface area contributed by atoms with Gasteiger partial charge in [-0.1, -0.05) is 194 Å². The first-order valence-electron chi connectivity index (χ1n) is 24.9. The van der Waals surface area contributed by atoms with Crippen molar-refractivity contribution in [3.8, 4) is 44.8 Å². The molecule has 13 rings (SSSR count). The highest BCUT2D eigenvalue weighted by Crippen LogP contribution is 2.43. The Hall–Kier alpha value is -9.64. The lowest BCUT2D eigenvalue weighted by atomic mass is 10.0. The number of rotatable bonds is 11. The Morgan fingerprint density at radius 2 is 0.808 bits per heavy atom. The summed E-state index contributed by atoms with van der Waals surface area (Å²) in [5.41, 5.74) is 18.7. The van der Waals surface area contributed by atoms with Crippen LogP contribution in [0.4, 0.5) is 22.7 Å². The zero-order valence-corrected chi connectivity index (χ0v) is 40.4. The molecular weight excluding hydrogens is 885 g/mol. The summed E-state index contributed by atoms with van der Waals surface area (Å²) in [7, 11) is 0. The summed E-state index contributed by atoms with van der Waals surface area (Å²) >= 11 is 0. The second-order valence-electron chi connectivity index (χ2n) is 18.2. The van der Waals surface area contributed by atoms with E-state index >= 15 is 0 Å². The van der Waals surface area contributed by atoms with Gasteiger partial charge in [-0.25, -0.2) is 0 Å². The Morgan fingerprint density at radius 3 is 1.41 bits per heavy atom. The molecule has 0 bridgehead atoms. The number of para-hydroxylation sites is 4. The summed E-state index contributed by atoms with van der Waals surface area (Å²) in [5, 5.41) is 8.18. The van der Waals surface area contributed by atoms with Gasteiger partial charge in [0.05, 0.1) is 22.1 Å². The Bertz CT molecular complexity index is 3990. The molecule has 2 heterocycles. The number of hydrogen-bond acceptors (Lipinski definition) is 2. The number of nitrogens with one attached hydrogen (secondary N) is 1. The summed E-state index contributed by atoms with van der Waals surface area (Å²) in [5.74, 6) is 0. The van der Waals surface area contributed by atoms with Crippen LogP contribution >= 0.6 is 0 Å². The van der Waals surface area contributed by atoms with E-state index in [1.165, 1.54) is 77.0 Å². The molecule has 4 heteroatoms. The average molecular weight is 937 g/mol. The number of hydrogen-bond donors (Lipinski definition) is 1. The van der Waals surface area contributed by atoms with Gasteiger partial charge in [0.2, 0.25) is 0 Å². The highest BCUT2D eigenvalue weighted by molar-refractivity contribution is 6.26. The number of nitrogens with zero attached hydrogens (tertiary/aromatic N) is 3. The van der Waals surface area contributed by atoms with Crippen LogP contribution in [0.3, 0.4) is 0 Å². The van der Waals surface area contributed by atoms with Gasteiger partial charge in [0.25, 0.3) is 0 Å². The first kappa shape index (κ1) is 44.6. The molecule has 0 aliphatic carbocycles. The summed E-state index contributed by atoms with van der Waals surface area (Å²) < 4.78 is 4.87. The van der Waals surface area contributed by atoms with E-state index in [1.807, 2.05) is 36.4 Å². The van der Waals surface area contributed by atoms with Gasteiger partial charge in [0.1, 0.15) is 0 Å². The van der Waals surface area contributed by atoms with Crippen molar-refractivity contribution in [2.45, 2.75) is 0 Å². The van der Waals surface area contributed by atoms with Crippen molar-refractivity contribution in [2.75, 3.05) is 16.8 Å². The predicted molar refractivity (Wildman–Crippen MR) is 311 cm³/mol. The predicted octanol–water partition coefficient (Wildman–Crippen LogP) is 18.6. The molecule has 11 aromatic carbocycles. The van der Waals surface area contributed by atoms with Gasteiger partial charge in [-0.05, 0) is 124 Å². The Labute approximate surface area is 426 Å². The van der Waals surface area contributed by atoms with E-state index in [9.17, 15) is 0 Å². The standard InChI is InChI=1S/C60H41N3.C9H11N/c1-4-15-42(16-5-1)44-27-33-49(34-28-44)61(52-22-14-19-47(41-52)43-17-6-2-7-18-43)50-35-29-45(30-36-50)46-31-37-51(38-32-46)63-56-25-12-10-23-53(56)54-39-40-58-59(60(54)63)55-24-11-13-26-57(55)62(58)48-20-8-3-9-21-48;1-2-8-10-9-6-4-3-5-7-9/h1-41H;2-7,10H,1,8H2. The van der Waals surface area contributed by atoms with Crippen LogP contribution in [-0.2, 0) is 0 Å². The third kappa shape index (κ3) is 8.73. The fourth-order valence-corrected chi connectivity index (χ4v) is 10.3. The quantitative estimate of drug-likeness (QED) is 0.131. The summed E-state index contributed by atoms with van der Waals surface area (Å²) in [6, 6.07) is 100.0. The van der Waals surface area contributed by atoms with Crippen molar-refractivity contribution in [3.63, 3.8) is 0 Å². The molecule has 4 nitrogen and oxygen atoms in total. The average Bonchev–Trinajstić information content (AvgIpc) is 3.99. The van der Waals surface area contributed by atoms with Gasteiger partial charge < -0.3 is 19.4 Å². The first-order valence-corrected chi connectivity index (χ1v) is 24.9. The molecule has 0 aliphatic rings. The number of anilines is 4. The Morgan fingerprint density at radius 1 is 0.342 bits per heavy atom. The van der Waals surface area contributed by atoms with Crippen LogP contribution in [0.1, 0.15) is 0 Å². The number of benzene rings is 11. The molecule has 0 radical (unpaired) electrons. The van der Waals surface area contributed by atoms with Gasteiger partial charge >= 0.3 is 0 Å². The molecule has 0 spiro atoms. The molecule has 0 amide bonds. The zero-order valence-electron chi connectivity index (χ0n) is 40.4. The van der Waals surface area contributed by atoms with Crippen LogP contribution in [0.25, 0.3) is 88.4 Å². The molecule has 13 aromatic rings. The lowest BCUT2D eigenvalue weighted by Gasteiger charge is -2.26. The Kier molecular flexibility index (Phi) is 12.2. The van der Waals surface area contributed by atoms with Crippen LogP contribution in [0.2, 0.25) is 0 Å². The third-order valence-corrected chi connectivity index (χ3v) is 13.7. The normalized spacial score (nSPS) is 11.1. The fourth-order valence-electron chi connectivity index (χ4n) is 10.3. The van der Waals surface area contributed by atoms with Crippen LogP contribution in [0.5, 0.6) is 0 Å².